The van der Waals surface area contributed by atoms with Crippen molar-refractivity contribution in [2.45, 2.75) is 133 Å². The van der Waals surface area contributed by atoms with E-state index < -0.39 is 0 Å². The molecular formula is C31H48O2S2. The van der Waals surface area contributed by atoms with Gasteiger partial charge in [-0.3, -0.25) is 0 Å². The molecule has 0 amide bonds. The zero-order chi connectivity index (χ0) is 25.5. The molecule has 2 aromatic carbocycles. The van der Waals surface area contributed by atoms with Crippen molar-refractivity contribution in [3.8, 4) is 11.5 Å². The predicted molar refractivity (Wildman–Crippen MR) is 157 cm³/mol. The van der Waals surface area contributed by atoms with Crippen LogP contribution in [0.5, 0.6) is 11.5 Å². The third-order valence-electron chi connectivity index (χ3n) is 6.98. The molecule has 2 N–H and O–H groups in total. The lowest BCUT2D eigenvalue weighted by molar-refractivity contribution is 0.449. The van der Waals surface area contributed by atoms with Crippen molar-refractivity contribution in [2.75, 3.05) is 0 Å². The zero-order valence-corrected chi connectivity index (χ0v) is 23.9. The Morgan fingerprint density at radius 1 is 0.514 bits per heavy atom. The van der Waals surface area contributed by atoms with E-state index in [0.29, 0.717) is 16.2 Å². The molecule has 0 unspecified atom stereocenters. The van der Waals surface area contributed by atoms with Crippen LogP contribution in [0.2, 0.25) is 0 Å². The molecule has 0 aliphatic heterocycles. The first-order valence-electron chi connectivity index (χ1n) is 14.0. The number of benzene rings is 2. The minimum atomic E-state index is 0.217. The Labute approximate surface area is 225 Å². The molecule has 0 heterocycles. The Hall–Kier alpha value is -1.26. The van der Waals surface area contributed by atoms with Gasteiger partial charge in [0.2, 0.25) is 0 Å². The number of phenols is 2. The maximum Gasteiger partial charge on any atom is 0.132 e. The lowest BCUT2D eigenvalue weighted by Crippen LogP contribution is -1.97. The molecular weight excluding hydrogens is 468 g/mol. The fourth-order valence-corrected chi connectivity index (χ4v) is 5.44. The highest BCUT2D eigenvalue weighted by Crippen LogP contribution is 2.35. The molecule has 0 aliphatic carbocycles. The number of phenolic OH excluding ortho intramolecular Hbond substituents is 2. The summed E-state index contributed by atoms with van der Waals surface area (Å²) in [7, 11) is 0. The second-order valence-electron chi connectivity index (χ2n) is 10.2. The van der Waals surface area contributed by atoms with E-state index >= 15 is 0 Å². The minimum Gasteiger partial charge on any atom is -0.506 e. The van der Waals surface area contributed by atoms with Crippen LogP contribution in [0.1, 0.15) is 126 Å². The van der Waals surface area contributed by atoms with Gasteiger partial charge in [-0.25, -0.2) is 0 Å². The summed E-state index contributed by atoms with van der Waals surface area (Å²) in [5, 5.41) is 21.4. The van der Waals surface area contributed by atoms with Crippen LogP contribution >= 0.6 is 25.3 Å². The van der Waals surface area contributed by atoms with Crippen molar-refractivity contribution >= 4 is 25.3 Å². The minimum absolute atomic E-state index is 0.217. The van der Waals surface area contributed by atoms with Gasteiger partial charge in [-0.15, -0.1) is 25.3 Å². The highest BCUT2D eigenvalue weighted by atomic mass is 32.1. The van der Waals surface area contributed by atoms with Gasteiger partial charge in [0.25, 0.3) is 0 Å². The van der Waals surface area contributed by atoms with E-state index in [-0.39, 0.29) is 11.5 Å². The summed E-state index contributed by atoms with van der Waals surface area (Å²) in [6.07, 6.45) is 20.4. The first kappa shape index (κ1) is 30.0. The SMILES string of the molecule is CCCCCCCCCc1cc(S)c(O)c(Cc2cc(CCCCCCCCC)cc(S)c2O)c1. The van der Waals surface area contributed by atoms with Crippen LogP contribution in [0, 0.1) is 0 Å². The number of aryl methyl sites for hydroxylation is 2. The van der Waals surface area contributed by atoms with Gasteiger partial charge in [0, 0.05) is 16.2 Å². The van der Waals surface area contributed by atoms with Crippen LogP contribution in [0.25, 0.3) is 0 Å². The standard InChI is InChI=1S/C31H48O2S2/c1-3-5-7-9-11-13-15-17-24-19-26(30(32)28(34)21-24)23-27-20-25(22-29(35)31(27)33)18-16-14-12-10-8-6-4-2/h19-22,32-35H,3-18,23H2,1-2H3. The molecule has 196 valence electrons. The van der Waals surface area contributed by atoms with E-state index in [0.717, 1.165) is 36.8 Å². The predicted octanol–water partition coefficient (Wildman–Crippen LogP) is 9.85. The van der Waals surface area contributed by atoms with Gasteiger partial charge in [0.15, 0.2) is 0 Å². The second-order valence-corrected chi connectivity index (χ2v) is 11.1. The van der Waals surface area contributed by atoms with Crippen molar-refractivity contribution in [1.29, 1.82) is 0 Å². The smallest absolute Gasteiger partial charge is 0.132 e. The Kier molecular flexibility index (Phi) is 14.8. The molecule has 0 radical (unpaired) electrons. The van der Waals surface area contributed by atoms with E-state index in [1.54, 1.807) is 0 Å². The van der Waals surface area contributed by atoms with Gasteiger partial charge in [-0.2, -0.15) is 0 Å². The highest BCUT2D eigenvalue weighted by Gasteiger charge is 2.14. The Balaban J connectivity index is 1.97. The van der Waals surface area contributed by atoms with Crippen LogP contribution in [0.15, 0.2) is 34.1 Å². The second kappa shape index (κ2) is 17.2. The molecule has 2 rings (SSSR count). The van der Waals surface area contributed by atoms with E-state index in [2.05, 4.69) is 51.2 Å². The maximum absolute atomic E-state index is 10.7. The molecule has 35 heavy (non-hydrogen) atoms. The molecule has 0 fully saturated rings. The molecule has 0 bridgehead atoms. The number of unbranched alkanes of at least 4 members (excludes halogenated alkanes) is 12. The average Bonchev–Trinajstić information content (AvgIpc) is 2.84. The van der Waals surface area contributed by atoms with Gasteiger partial charge in [-0.05, 0) is 60.1 Å². The third-order valence-corrected chi connectivity index (χ3v) is 7.66. The van der Waals surface area contributed by atoms with E-state index in [4.69, 9.17) is 0 Å². The lowest BCUT2D eigenvalue weighted by atomic mass is 9.96. The van der Waals surface area contributed by atoms with Gasteiger partial charge >= 0.3 is 0 Å². The molecule has 4 heteroatoms. The quantitative estimate of drug-likeness (QED) is 0.118. The van der Waals surface area contributed by atoms with E-state index in [1.165, 1.54) is 88.2 Å². The molecule has 0 spiro atoms. The van der Waals surface area contributed by atoms with Crippen molar-refractivity contribution in [3.05, 3.63) is 46.5 Å². The van der Waals surface area contributed by atoms with Crippen molar-refractivity contribution in [2.24, 2.45) is 0 Å². The number of hydrogen-bond acceptors (Lipinski definition) is 4. The average molecular weight is 517 g/mol. The van der Waals surface area contributed by atoms with Gasteiger partial charge in [0.05, 0.1) is 0 Å². The fourth-order valence-electron chi connectivity index (χ4n) is 4.82. The van der Waals surface area contributed by atoms with Crippen LogP contribution < -0.4 is 0 Å². The van der Waals surface area contributed by atoms with Crippen molar-refractivity contribution < 1.29 is 10.2 Å². The summed E-state index contributed by atoms with van der Waals surface area (Å²) in [4.78, 5) is 1.23. The first-order chi connectivity index (χ1) is 17.0. The number of hydrogen-bond donors (Lipinski definition) is 4. The highest BCUT2D eigenvalue weighted by molar-refractivity contribution is 7.80. The lowest BCUT2D eigenvalue weighted by Gasteiger charge is -2.14. The molecule has 0 atom stereocenters. The number of thiol groups is 2. The summed E-state index contributed by atoms with van der Waals surface area (Å²) in [6, 6.07) is 8.15. The van der Waals surface area contributed by atoms with Crippen molar-refractivity contribution in [3.63, 3.8) is 0 Å². The summed E-state index contributed by atoms with van der Waals surface area (Å²) in [5.41, 5.74) is 4.07. The van der Waals surface area contributed by atoms with Crippen LogP contribution in [0.3, 0.4) is 0 Å². The molecule has 2 nitrogen and oxygen atoms in total. The summed E-state index contributed by atoms with van der Waals surface area (Å²) in [5.74, 6) is 0.434. The van der Waals surface area contributed by atoms with Crippen LogP contribution in [-0.2, 0) is 19.3 Å². The topological polar surface area (TPSA) is 40.5 Å². The van der Waals surface area contributed by atoms with Gasteiger partial charge < -0.3 is 10.2 Å². The Morgan fingerprint density at radius 3 is 1.23 bits per heavy atom. The molecule has 0 saturated heterocycles. The molecule has 0 aliphatic rings. The molecule has 0 saturated carbocycles. The Bertz CT molecular complexity index is 807. The van der Waals surface area contributed by atoms with Crippen LogP contribution in [-0.4, -0.2) is 10.2 Å². The first-order valence-corrected chi connectivity index (χ1v) is 14.9. The van der Waals surface area contributed by atoms with Crippen LogP contribution in [0.4, 0.5) is 0 Å². The zero-order valence-electron chi connectivity index (χ0n) is 22.1. The molecule has 0 aromatic heterocycles. The summed E-state index contributed by atoms with van der Waals surface area (Å²) in [6.45, 7) is 4.50. The van der Waals surface area contributed by atoms with E-state index in [1.807, 2.05) is 12.1 Å². The third kappa shape index (κ3) is 11.1. The molecule has 2 aromatic rings. The number of aromatic hydroxyl groups is 2. The number of rotatable bonds is 18. The maximum atomic E-state index is 10.7. The van der Waals surface area contributed by atoms with E-state index in [9.17, 15) is 10.2 Å². The van der Waals surface area contributed by atoms with Gasteiger partial charge in [0.1, 0.15) is 11.5 Å². The van der Waals surface area contributed by atoms with Gasteiger partial charge in [-0.1, -0.05) is 103 Å². The van der Waals surface area contributed by atoms with Crippen molar-refractivity contribution in [1.82, 2.24) is 0 Å². The Morgan fingerprint density at radius 2 is 0.857 bits per heavy atom. The fraction of sp³-hybridized carbons (Fsp3) is 0.613. The summed E-state index contributed by atoms with van der Waals surface area (Å²) < 4.78 is 0. The monoisotopic (exact) mass is 516 g/mol. The largest absolute Gasteiger partial charge is 0.506 e. The normalized spacial score (nSPS) is 11.3. The summed E-state index contributed by atoms with van der Waals surface area (Å²) >= 11 is 9.06.